The molecule has 1 saturated heterocycles. The van der Waals surface area contributed by atoms with Gasteiger partial charge in [-0.05, 0) is 24.3 Å². The average Bonchev–Trinajstić information content (AvgIpc) is 3.10. The minimum absolute atomic E-state index is 0.124. The first-order valence-corrected chi connectivity index (χ1v) is 6.64. The van der Waals surface area contributed by atoms with Crippen molar-refractivity contribution in [3.05, 3.63) is 30.5 Å². The highest BCUT2D eigenvalue weighted by Gasteiger charge is 2.16. The normalized spacial score (nSPS) is 16.2. The number of aromatic nitrogens is 2. The third-order valence-electron chi connectivity index (χ3n) is 2.47. The lowest BCUT2D eigenvalue weighted by molar-refractivity contribution is -0.0214. The molecule has 1 aliphatic heterocycles. The Hall–Kier alpha value is -1.37. The molecule has 2 aromatic rings. The molecule has 2 aromatic heterocycles. The molecule has 3 heterocycles. The van der Waals surface area contributed by atoms with E-state index < -0.39 is 0 Å². The van der Waals surface area contributed by atoms with Gasteiger partial charge in [0.25, 0.3) is 0 Å². The highest BCUT2D eigenvalue weighted by atomic mass is 32.2. The summed E-state index contributed by atoms with van der Waals surface area (Å²) in [5.41, 5.74) is 0.734. The molecule has 6 heteroatoms. The smallest absolute Gasteiger partial charge is 0.167 e. The van der Waals surface area contributed by atoms with Crippen LogP contribution in [0, 0.1) is 0 Å². The van der Waals surface area contributed by atoms with E-state index in [1.807, 2.05) is 24.3 Å². The number of hydrogen-bond donors (Lipinski definition) is 0. The lowest BCUT2D eigenvalue weighted by Crippen LogP contribution is -2.10. The van der Waals surface area contributed by atoms with Crippen molar-refractivity contribution in [3.8, 4) is 11.5 Å². The highest BCUT2D eigenvalue weighted by molar-refractivity contribution is 7.99. The number of hydrogen-bond acceptors (Lipinski definition) is 6. The molecule has 0 aromatic carbocycles. The standard InChI is InChI=1S/C12H12N2O3S/c1-2-10(15-5-1)9-3-4-11(14-13-9)18-8-12-16-6-7-17-12/h1-5,12H,6-8H2. The summed E-state index contributed by atoms with van der Waals surface area (Å²) < 4.78 is 16.0. The van der Waals surface area contributed by atoms with Crippen molar-refractivity contribution in [1.29, 1.82) is 0 Å². The van der Waals surface area contributed by atoms with Crippen LogP contribution in [-0.4, -0.2) is 35.5 Å². The van der Waals surface area contributed by atoms with Crippen molar-refractivity contribution in [2.24, 2.45) is 0 Å². The van der Waals surface area contributed by atoms with E-state index in [2.05, 4.69) is 10.2 Å². The second-order valence-corrected chi connectivity index (χ2v) is 4.76. The van der Waals surface area contributed by atoms with Gasteiger partial charge in [-0.15, -0.1) is 10.2 Å². The first-order chi connectivity index (χ1) is 8.92. The van der Waals surface area contributed by atoms with Crippen LogP contribution < -0.4 is 0 Å². The summed E-state index contributed by atoms with van der Waals surface area (Å²) in [6.45, 7) is 1.35. The molecule has 0 spiro atoms. The predicted molar refractivity (Wildman–Crippen MR) is 66.2 cm³/mol. The van der Waals surface area contributed by atoms with Gasteiger partial charge < -0.3 is 13.9 Å². The molecule has 0 saturated carbocycles. The van der Waals surface area contributed by atoms with Crippen molar-refractivity contribution in [1.82, 2.24) is 10.2 Å². The molecular formula is C12H12N2O3S. The quantitative estimate of drug-likeness (QED) is 0.789. The van der Waals surface area contributed by atoms with E-state index in [1.54, 1.807) is 18.0 Å². The third kappa shape index (κ3) is 2.72. The maximum Gasteiger partial charge on any atom is 0.167 e. The molecule has 0 N–H and O–H groups in total. The van der Waals surface area contributed by atoms with Gasteiger partial charge in [0.15, 0.2) is 12.1 Å². The Balaban J connectivity index is 1.60. The lowest BCUT2D eigenvalue weighted by Gasteiger charge is -2.07. The molecule has 0 unspecified atom stereocenters. The molecule has 3 rings (SSSR count). The van der Waals surface area contributed by atoms with Gasteiger partial charge in [-0.3, -0.25) is 0 Å². The fourth-order valence-electron chi connectivity index (χ4n) is 1.61. The summed E-state index contributed by atoms with van der Waals surface area (Å²) in [7, 11) is 0. The van der Waals surface area contributed by atoms with Crippen LogP contribution in [0.25, 0.3) is 11.5 Å². The summed E-state index contributed by atoms with van der Waals surface area (Å²) in [6.07, 6.45) is 1.50. The van der Waals surface area contributed by atoms with Gasteiger partial charge in [-0.2, -0.15) is 0 Å². The Labute approximate surface area is 108 Å². The average molecular weight is 264 g/mol. The third-order valence-corrected chi connectivity index (χ3v) is 3.42. The molecule has 0 aliphatic carbocycles. The van der Waals surface area contributed by atoms with E-state index >= 15 is 0 Å². The van der Waals surface area contributed by atoms with Crippen LogP contribution >= 0.6 is 11.8 Å². The second kappa shape index (κ2) is 5.51. The Morgan fingerprint density at radius 1 is 1.17 bits per heavy atom. The van der Waals surface area contributed by atoms with E-state index in [4.69, 9.17) is 13.9 Å². The fraction of sp³-hybridized carbons (Fsp3) is 0.333. The van der Waals surface area contributed by atoms with Crippen LogP contribution in [-0.2, 0) is 9.47 Å². The summed E-state index contributed by atoms with van der Waals surface area (Å²) in [6, 6.07) is 7.50. The van der Waals surface area contributed by atoms with Crippen molar-refractivity contribution >= 4 is 11.8 Å². The number of ether oxygens (including phenoxy) is 2. The van der Waals surface area contributed by atoms with E-state index in [-0.39, 0.29) is 6.29 Å². The Bertz CT molecular complexity index is 481. The maximum absolute atomic E-state index is 5.35. The van der Waals surface area contributed by atoms with Gasteiger partial charge in [0.1, 0.15) is 10.7 Å². The van der Waals surface area contributed by atoms with Crippen LogP contribution in [0.1, 0.15) is 0 Å². The van der Waals surface area contributed by atoms with Gasteiger partial charge >= 0.3 is 0 Å². The monoisotopic (exact) mass is 264 g/mol. The minimum Gasteiger partial charge on any atom is -0.463 e. The molecule has 18 heavy (non-hydrogen) atoms. The summed E-state index contributed by atoms with van der Waals surface area (Å²) >= 11 is 1.57. The summed E-state index contributed by atoms with van der Waals surface area (Å²) in [4.78, 5) is 0. The Morgan fingerprint density at radius 3 is 2.72 bits per heavy atom. The van der Waals surface area contributed by atoms with Gasteiger partial charge in [-0.1, -0.05) is 11.8 Å². The number of thioether (sulfide) groups is 1. The van der Waals surface area contributed by atoms with E-state index in [0.29, 0.717) is 13.2 Å². The SMILES string of the molecule is c1coc(-c2ccc(SCC3OCCO3)nn2)c1. The lowest BCUT2D eigenvalue weighted by atomic mass is 10.3. The molecule has 0 atom stereocenters. The minimum atomic E-state index is -0.124. The highest BCUT2D eigenvalue weighted by Crippen LogP contribution is 2.21. The first-order valence-electron chi connectivity index (χ1n) is 5.65. The van der Waals surface area contributed by atoms with Gasteiger partial charge in [0, 0.05) is 0 Å². The zero-order chi connectivity index (χ0) is 12.2. The predicted octanol–water partition coefficient (Wildman–Crippen LogP) is 2.20. The largest absolute Gasteiger partial charge is 0.463 e. The van der Waals surface area contributed by atoms with E-state index in [0.717, 1.165) is 22.2 Å². The van der Waals surface area contributed by atoms with Crippen molar-refractivity contribution in [2.75, 3.05) is 19.0 Å². The Morgan fingerprint density at radius 2 is 2.06 bits per heavy atom. The van der Waals surface area contributed by atoms with Crippen molar-refractivity contribution in [2.45, 2.75) is 11.3 Å². The number of furan rings is 1. The van der Waals surface area contributed by atoms with E-state index in [1.165, 1.54) is 0 Å². The van der Waals surface area contributed by atoms with Crippen LogP contribution in [0.3, 0.4) is 0 Å². The molecular weight excluding hydrogens is 252 g/mol. The Kier molecular flexibility index (Phi) is 3.59. The van der Waals surface area contributed by atoms with Crippen LogP contribution in [0.15, 0.2) is 40.0 Å². The van der Waals surface area contributed by atoms with Crippen LogP contribution in [0.4, 0.5) is 0 Å². The second-order valence-electron chi connectivity index (χ2n) is 3.72. The molecule has 94 valence electrons. The zero-order valence-electron chi connectivity index (χ0n) is 9.61. The number of nitrogens with zero attached hydrogens (tertiary/aromatic N) is 2. The maximum atomic E-state index is 5.35. The molecule has 0 amide bonds. The summed E-state index contributed by atoms with van der Waals surface area (Å²) in [5, 5.41) is 9.11. The van der Waals surface area contributed by atoms with Crippen LogP contribution in [0.5, 0.6) is 0 Å². The first kappa shape index (κ1) is 11.7. The summed E-state index contributed by atoms with van der Waals surface area (Å²) in [5.74, 6) is 1.45. The molecule has 1 fully saturated rings. The van der Waals surface area contributed by atoms with E-state index in [9.17, 15) is 0 Å². The molecule has 0 bridgehead atoms. The van der Waals surface area contributed by atoms with Crippen LogP contribution in [0.2, 0.25) is 0 Å². The van der Waals surface area contributed by atoms with Crippen molar-refractivity contribution in [3.63, 3.8) is 0 Å². The molecule has 1 aliphatic rings. The van der Waals surface area contributed by atoms with Gasteiger partial charge in [0.05, 0.1) is 25.2 Å². The van der Waals surface area contributed by atoms with Crippen molar-refractivity contribution < 1.29 is 13.9 Å². The zero-order valence-corrected chi connectivity index (χ0v) is 10.4. The van der Waals surface area contributed by atoms with Gasteiger partial charge in [-0.25, -0.2) is 0 Å². The fourth-order valence-corrected chi connectivity index (χ4v) is 2.37. The topological polar surface area (TPSA) is 57.4 Å². The molecule has 5 nitrogen and oxygen atoms in total. The molecule has 0 radical (unpaired) electrons. The van der Waals surface area contributed by atoms with Gasteiger partial charge in [0.2, 0.25) is 0 Å². The number of rotatable bonds is 4.